The van der Waals surface area contributed by atoms with Gasteiger partial charge in [-0.3, -0.25) is 4.90 Å². The van der Waals surface area contributed by atoms with Crippen LogP contribution in [0.4, 0.5) is 0 Å². The van der Waals surface area contributed by atoms with Crippen molar-refractivity contribution in [2.45, 2.75) is 81.6 Å². The van der Waals surface area contributed by atoms with Crippen molar-refractivity contribution in [3.05, 3.63) is 0 Å². The number of nitrogens with zero attached hydrogens (tertiary/aromatic N) is 1. The smallest absolute Gasteiger partial charge is 0.0701 e. The van der Waals surface area contributed by atoms with Crippen LogP contribution in [-0.4, -0.2) is 130 Å². The second-order valence-electron chi connectivity index (χ2n) is 14.7. The van der Waals surface area contributed by atoms with Crippen LogP contribution >= 0.6 is 0 Å². The van der Waals surface area contributed by atoms with Crippen LogP contribution in [0.3, 0.4) is 0 Å². The van der Waals surface area contributed by atoms with E-state index < -0.39 is 0 Å². The minimum atomic E-state index is 0.296. The van der Waals surface area contributed by atoms with E-state index in [4.69, 9.17) is 37.9 Å². The van der Waals surface area contributed by atoms with E-state index in [1.54, 1.807) is 0 Å². The molecule has 0 aromatic rings. The molecule has 43 heavy (non-hydrogen) atoms. The lowest BCUT2D eigenvalue weighted by Crippen LogP contribution is -2.34. The monoisotopic (exact) mass is 622 g/mol. The third-order valence-corrected chi connectivity index (χ3v) is 6.50. The van der Waals surface area contributed by atoms with E-state index in [-0.39, 0.29) is 0 Å². The largest absolute Gasteiger partial charge is 0.379 e. The highest BCUT2D eigenvalue weighted by molar-refractivity contribution is 4.61. The lowest BCUT2D eigenvalue weighted by atomic mass is 9.93. The molecule has 0 aliphatic carbocycles. The molecule has 0 heterocycles. The lowest BCUT2D eigenvalue weighted by Gasteiger charge is -2.22. The van der Waals surface area contributed by atoms with Crippen LogP contribution < -0.4 is 0 Å². The van der Waals surface area contributed by atoms with Crippen LogP contribution in [0.15, 0.2) is 0 Å². The first-order valence-corrected chi connectivity index (χ1v) is 16.6. The van der Waals surface area contributed by atoms with E-state index >= 15 is 0 Å². The molecule has 0 atom stereocenters. The van der Waals surface area contributed by atoms with Gasteiger partial charge in [0.25, 0.3) is 0 Å². The average Bonchev–Trinajstić information content (AvgIpc) is 2.89. The van der Waals surface area contributed by atoms with Crippen molar-refractivity contribution in [1.29, 1.82) is 0 Å². The third kappa shape index (κ3) is 37.7. The number of ether oxygens (including phenoxy) is 8. The van der Waals surface area contributed by atoms with Crippen molar-refractivity contribution in [1.82, 2.24) is 4.90 Å². The summed E-state index contributed by atoms with van der Waals surface area (Å²) in [6.45, 7) is 32.7. The summed E-state index contributed by atoms with van der Waals surface area (Å²) in [6.07, 6.45) is 3.15. The van der Waals surface area contributed by atoms with Crippen LogP contribution in [-0.2, 0) is 37.9 Å². The Morgan fingerprint density at radius 2 is 0.465 bits per heavy atom. The normalized spacial score (nSPS) is 13.0. The third-order valence-electron chi connectivity index (χ3n) is 6.50. The molecule has 0 radical (unpaired) electrons. The predicted octanol–water partition coefficient (Wildman–Crippen LogP) is 5.73. The summed E-state index contributed by atoms with van der Waals surface area (Å²) >= 11 is 0. The van der Waals surface area contributed by atoms with Gasteiger partial charge in [0.05, 0.1) is 85.9 Å². The molecule has 9 nitrogen and oxygen atoms in total. The molecule has 260 valence electrons. The summed E-state index contributed by atoms with van der Waals surface area (Å²) in [5.74, 6) is 0. The molecule has 0 fully saturated rings. The van der Waals surface area contributed by atoms with Gasteiger partial charge in [0, 0.05) is 39.5 Å². The predicted molar refractivity (Wildman–Crippen MR) is 175 cm³/mol. The molecule has 0 unspecified atom stereocenters. The molecule has 0 amide bonds. The molecule has 0 saturated heterocycles. The van der Waals surface area contributed by atoms with Crippen molar-refractivity contribution < 1.29 is 37.9 Å². The van der Waals surface area contributed by atoms with E-state index in [0.29, 0.717) is 102 Å². The van der Waals surface area contributed by atoms with Gasteiger partial charge in [-0.1, -0.05) is 62.3 Å². The Morgan fingerprint density at radius 3 is 0.674 bits per heavy atom. The van der Waals surface area contributed by atoms with Gasteiger partial charge in [0.2, 0.25) is 0 Å². The second kappa shape index (κ2) is 26.8. The van der Waals surface area contributed by atoms with Crippen LogP contribution in [0.25, 0.3) is 0 Å². The second-order valence-corrected chi connectivity index (χ2v) is 14.7. The van der Waals surface area contributed by atoms with Gasteiger partial charge in [-0.15, -0.1) is 0 Å². The first-order chi connectivity index (χ1) is 20.3. The zero-order chi connectivity index (χ0) is 32.3. The Balaban J connectivity index is 4.00. The van der Waals surface area contributed by atoms with Gasteiger partial charge in [0.15, 0.2) is 0 Å². The zero-order valence-corrected chi connectivity index (χ0v) is 29.8. The van der Waals surface area contributed by atoms with Gasteiger partial charge in [-0.05, 0) is 35.5 Å². The first-order valence-electron chi connectivity index (χ1n) is 16.6. The molecule has 0 aliphatic heterocycles. The maximum atomic E-state index is 5.82. The maximum absolute atomic E-state index is 5.82. The van der Waals surface area contributed by atoms with E-state index in [9.17, 15) is 0 Å². The fourth-order valence-corrected chi connectivity index (χ4v) is 3.46. The fourth-order valence-electron chi connectivity index (χ4n) is 3.46. The Kier molecular flexibility index (Phi) is 26.6. The minimum Gasteiger partial charge on any atom is -0.379 e. The number of hydrogen-bond acceptors (Lipinski definition) is 9. The fraction of sp³-hybridized carbons (Fsp3) is 1.00. The highest BCUT2D eigenvalue weighted by Gasteiger charge is 2.11. The van der Waals surface area contributed by atoms with E-state index in [1.165, 1.54) is 0 Å². The Hall–Kier alpha value is -0.360. The Bertz CT molecular complexity index is 550. The van der Waals surface area contributed by atoms with Crippen molar-refractivity contribution in [2.75, 3.05) is 125 Å². The van der Waals surface area contributed by atoms with E-state index in [1.807, 2.05) is 0 Å². The van der Waals surface area contributed by atoms with Crippen molar-refractivity contribution >= 4 is 0 Å². The topological polar surface area (TPSA) is 77.1 Å². The molecule has 9 heteroatoms. The SMILES string of the molecule is CC(C)(C)CCOCCOCCOCCN(CCOCCOCCOCCC(C)(C)C)CCOCCOCCC(C)(C)C. The summed E-state index contributed by atoms with van der Waals surface area (Å²) in [5, 5.41) is 0. The summed E-state index contributed by atoms with van der Waals surface area (Å²) in [7, 11) is 0. The van der Waals surface area contributed by atoms with Crippen molar-refractivity contribution in [3.8, 4) is 0 Å². The number of rotatable bonds is 30. The molecular weight excluding hydrogens is 550 g/mol. The van der Waals surface area contributed by atoms with Crippen LogP contribution in [0.2, 0.25) is 0 Å². The summed E-state index contributed by atoms with van der Waals surface area (Å²) in [6, 6.07) is 0. The first kappa shape index (κ1) is 42.6. The van der Waals surface area contributed by atoms with Gasteiger partial charge in [0.1, 0.15) is 0 Å². The maximum Gasteiger partial charge on any atom is 0.0701 e. The average molecular weight is 622 g/mol. The van der Waals surface area contributed by atoms with Crippen molar-refractivity contribution in [3.63, 3.8) is 0 Å². The van der Waals surface area contributed by atoms with E-state index in [0.717, 1.165) is 58.7 Å². The Morgan fingerprint density at radius 1 is 0.279 bits per heavy atom. The minimum absolute atomic E-state index is 0.296. The summed E-state index contributed by atoms with van der Waals surface area (Å²) in [5.41, 5.74) is 0.901. The standard InChI is InChI=1S/C34H71NO8/c1-32(2,3)10-16-36-22-25-39-19-13-35(14-20-40-26-30-42-28-23-37-17-11-33(4,5)6)15-21-41-27-31-43-29-24-38-18-12-34(7,8)9/h10-31H2,1-9H3. The van der Waals surface area contributed by atoms with Crippen LogP contribution in [0.1, 0.15) is 81.6 Å². The van der Waals surface area contributed by atoms with Gasteiger partial charge < -0.3 is 37.9 Å². The highest BCUT2D eigenvalue weighted by Crippen LogP contribution is 2.19. The summed E-state index contributed by atoms with van der Waals surface area (Å²) < 4.78 is 45.7. The zero-order valence-electron chi connectivity index (χ0n) is 29.8. The van der Waals surface area contributed by atoms with Crippen molar-refractivity contribution in [2.24, 2.45) is 16.2 Å². The lowest BCUT2D eigenvalue weighted by molar-refractivity contribution is -0.00530. The van der Waals surface area contributed by atoms with Crippen LogP contribution in [0, 0.1) is 16.2 Å². The van der Waals surface area contributed by atoms with E-state index in [2.05, 4.69) is 67.2 Å². The summed E-state index contributed by atoms with van der Waals surface area (Å²) in [4.78, 5) is 2.31. The molecular formula is C34H71NO8. The molecule has 0 N–H and O–H groups in total. The highest BCUT2D eigenvalue weighted by atomic mass is 16.6. The van der Waals surface area contributed by atoms with Crippen LogP contribution in [0.5, 0.6) is 0 Å². The van der Waals surface area contributed by atoms with Gasteiger partial charge in [-0.25, -0.2) is 0 Å². The molecule has 0 rings (SSSR count). The molecule has 0 saturated carbocycles. The quantitative estimate of drug-likeness (QED) is 0.0935. The molecule has 0 spiro atoms. The molecule has 0 bridgehead atoms. The van der Waals surface area contributed by atoms with Gasteiger partial charge >= 0.3 is 0 Å². The molecule has 0 aromatic carbocycles. The Labute approximate surface area is 265 Å². The molecule has 0 aromatic heterocycles. The number of hydrogen-bond donors (Lipinski definition) is 0. The van der Waals surface area contributed by atoms with Gasteiger partial charge in [-0.2, -0.15) is 0 Å². The molecule has 0 aliphatic rings.